The van der Waals surface area contributed by atoms with Crippen molar-refractivity contribution in [3.8, 4) is 11.1 Å². The summed E-state index contributed by atoms with van der Waals surface area (Å²) in [6, 6.07) is 26.2. The summed E-state index contributed by atoms with van der Waals surface area (Å²) in [7, 11) is 1.77. The van der Waals surface area contributed by atoms with E-state index in [1.165, 1.54) is 33.4 Å². The SMILES string of the molecule is COCC[C@H]1CNC[C@H](C(=O)N(Cc2cccc(C)c2C)C2CC2)[C@H]1c1cccc(-c2ccccc2)c1. The van der Waals surface area contributed by atoms with Crippen LogP contribution in [0.15, 0.2) is 72.8 Å². The van der Waals surface area contributed by atoms with Crippen molar-refractivity contribution in [2.75, 3.05) is 26.8 Å². The van der Waals surface area contributed by atoms with Crippen LogP contribution in [-0.4, -0.2) is 43.7 Å². The molecule has 1 saturated heterocycles. The van der Waals surface area contributed by atoms with Crippen molar-refractivity contribution in [2.24, 2.45) is 11.8 Å². The van der Waals surface area contributed by atoms with Crippen molar-refractivity contribution >= 4 is 5.91 Å². The van der Waals surface area contributed by atoms with Crippen molar-refractivity contribution in [2.45, 2.75) is 51.6 Å². The fraction of sp³-hybridized carbons (Fsp3) is 0.424. The minimum absolute atomic E-state index is 0.0904. The average Bonchev–Trinajstić information content (AvgIpc) is 3.78. The summed E-state index contributed by atoms with van der Waals surface area (Å²) in [6.45, 7) is 7.38. The van der Waals surface area contributed by atoms with Gasteiger partial charge in [-0.25, -0.2) is 0 Å². The number of ether oxygens (including phenoxy) is 1. The van der Waals surface area contributed by atoms with E-state index >= 15 is 0 Å². The second-order valence-corrected chi connectivity index (χ2v) is 10.9. The van der Waals surface area contributed by atoms with Crippen LogP contribution in [-0.2, 0) is 16.1 Å². The van der Waals surface area contributed by atoms with E-state index in [-0.39, 0.29) is 11.8 Å². The minimum Gasteiger partial charge on any atom is -0.385 e. The van der Waals surface area contributed by atoms with Crippen LogP contribution in [0.25, 0.3) is 11.1 Å². The zero-order valence-corrected chi connectivity index (χ0v) is 22.5. The van der Waals surface area contributed by atoms with Crippen molar-refractivity contribution < 1.29 is 9.53 Å². The normalized spacial score (nSPS) is 21.5. The predicted molar refractivity (Wildman–Crippen MR) is 150 cm³/mol. The molecule has 3 aromatic carbocycles. The van der Waals surface area contributed by atoms with Crippen molar-refractivity contribution in [3.63, 3.8) is 0 Å². The van der Waals surface area contributed by atoms with Gasteiger partial charge in [0.05, 0.1) is 5.92 Å². The number of hydrogen-bond donors (Lipinski definition) is 1. The second kappa shape index (κ2) is 11.6. The highest BCUT2D eigenvalue weighted by Gasteiger charge is 2.43. The van der Waals surface area contributed by atoms with Gasteiger partial charge in [-0.15, -0.1) is 0 Å². The summed E-state index contributed by atoms with van der Waals surface area (Å²) in [5.41, 5.74) is 7.54. The molecule has 3 atom stereocenters. The Morgan fingerprint density at radius 3 is 2.46 bits per heavy atom. The Kier molecular flexibility index (Phi) is 8.07. The van der Waals surface area contributed by atoms with Crippen molar-refractivity contribution in [1.82, 2.24) is 10.2 Å². The first-order valence-electron chi connectivity index (χ1n) is 13.8. The largest absolute Gasteiger partial charge is 0.385 e. The number of benzene rings is 3. The van der Waals surface area contributed by atoms with E-state index in [4.69, 9.17) is 4.74 Å². The van der Waals surface area contributed by atoms with Gasteiger partial charge in [0, 0.05) is 38.8 Å². The van der Waals surface area contributed by atoms with E-state index in [0.717, 1.165) is 32.4 Å². The highest BCUT2D eigenvalue weighted by atomic mass is 16.5. The van der Waals surface area contributed by atoms with Gasteiger partial charge in [0.25, 0.3) is 0 Å². The third-order valence-corrected chi connectivity index (χ3v) is 8.43. The molecule has 1 amide bonds. The summed E-state index contributed by atoms with van der Waals surface area (Å²) in [5, 5.41) is 3.62. The zero-order valence-electron chi connectivity index (χ0n) is 22.5. The first kappa shape index (κ1) is 25.7. The fourth-order valence-electron chi connectivity index (χ4n) is 6.01. The van der Waals surface area contributed by atoms with Crippen LogP contribution in [0.1, 0.15) is 47.4 Å². The molecular formula is C33H40N2O2. The van der Waals surface area contributed by atoms with E-state index in [1.807, 2.05) is 0 Å². The Morgan fingerprint density at radius 1 is 0.946 bits per heavy atom. The van der Waals surface area contributed by atoms with E-state index < -0.39 is 0 Å². The van der Waals surface area contributed by atoms with Gasteiger partial charge in [0.2, 0.25) is 5.91 Å². The monoisotopic (exact) mass is 496 g/mol. The molecule has 4 heteroatoms. The topological polar surface area (TPSA) is 41.6 Å². The highest BCUT2D eigenvalue weighted by molar-refractivity contribution is 5.81. The molecule has 0 radical (unpaired) electrons. The number of carbonyl (C=O) groups is 1. The molecule has 0 spiro atoms. The smallest absolute Gasteiger partial charge is 0.228 e. The van der Waals surface area contributed by atoms with Gasteiger partial charge in [0.15, 0.2) is 0 Å². The Balaban J connectivity index is 1.48. The average molecular weight is 497 g/mol. The molecule has 0 bridgehead atoms. The fourth-order valence-corrected chi connectivity index (χ4v) is 6.01. The van der Waals surface area contributed by atoms with Crippen molar-refractivity contribution in [1.29, 1.82) is 0 Å². The number of amides is 1. The first-order chi connectivity index (χ1) is 18.1. The van der Waals surface area contributed by atoms with Crippen LogP contribution in [0, 0.1) is 25.7 Å². The maximum atomic E-state index is 14.4. The van der Waals surface area contributed by atoms with Crippen molar-refractivity contribution in [3.05, 3.63) is 95.1 Å². The lowest BCUT2D eigenvalue weighted by atomic mass is 9.72. The molecule has 1 saturated carbocycles. The number of nitrogens with one attached hydrogen (secondary N) is 1. The molecule has 0 aromatic heterocycles. The van der Waals surface area contributed by atoms with Crippen LogP contribution in [0.5, 0.6) is 0 Å². The number of carbonyl (C=O) groups excluding carboxylic acids is 1. The molecule has 1 N–H and O–H groups in total. The molecule has 5 rings (SSSR count). The van der Waals surface area contributed by atoms with E-state index in [9.17, 15) is 4.79 Å². The Bertz CT molecular complexity index is 1200. The van der Waals surface area contributed by atoms with Crippen LogP contribution in [0.2, 0.25) is 0 Å². The van der Waals surface area contributed by atoms with Gasteiger partial charge in [0.1, 0.15) is 0 Å². The number of hydrogen-bond acceptors (Lipinski definition) is 3. The van der Waals surface area contributed by atoms with Gasteiger partial charge in [-0.1, -0.05) is 72.8 Å². The lowest BCUT2D eigenvalue weighted by Gasteiger charge is -2.41. The Labute approximate surface area is 222 Å². The quantitative estimate of drug-likeness (QED) is 0.388. The summed E-state index contributed by atoms with van der Waals surface area (Å²) in [4.78, 5) is 16.6. The Hall–Kier alpha value is -2.95. The predicted octanol–water partition coefficient (Wildman–Crippen LogP) is 6.12. The van der Waals surface area contributed by atoms with Gasteiger partial charge >= 0.3 is 0 Å². The Morgan fingerprint density at radius 2 is 1.70 bits per heavy atom. The second-order valence-electron chi connectivity index (χ2n) is 10.9. The third kappa shape index (κ3) is 5.81. The zero-order chi connectivity index (χ0) is 25.8. The van der Waals surface area contributed by atoms with Crippen LogP contribution in [0.4, 0.5) is 0 Å². The van der Waals surface area contributed by atoms with E-state index in [1.54, 1.807) is 7.11 Å². The molecule has 3 aromatic rings. The molecule has 1 heterocycles. The van der Waals surface area contributed by atoms with Gasteiger partial charge in [-0.3, -0.25) is 4.79 Å². The number of methoxy groups -OCH3 is 1. The van der Waals surface area contributed by atoms with Gasteiger partial charge < -0.3 is 15.0 Å². The third-order valence-electron chi connectivity index (χ3n) is 8.43. The molecule has 1 aliphatic heterocycles. The lowest BCUT2D eigenvalue weighted by molar-refractivity contribution is -0.138. The van der Waals surface area contributed by atoms with E-state index in [2.05, 4.69) is 96.9 Å². The molecule has 0 unspecified atom stereocenters. The molecule has 4 nitrogen and oxygen atoms in total. The summed E-state index contributed by atoms with van der Waals surface area (Å²) >= 11 is 0. The molecule has 37 heavy (non-hydrogen) atoms. The van der Waals surface area contributed by atoms with Gasteiger partial charge in [-0.2, -0.15) is 0 Å². The molecule has 2 fully saturated rings. The van der Waals surface area contributed by atoms with Crippen LogP contribution < -0.4 is 5.32 Å². The lowest BCUT2D eigenvalue weighted by Crippen LogP contribution is -2.50. The molecule has 194 valence electrons. The van der Waals surface area contributed by atoms with E-state index in [0.29, 0.717) is 31.0 Å². The summed E-state index contributed by atoms with van der Waals surface area (Å²) in [5.74, 6) is 0.711. The van der Waals surface area contributed by atoms with Crippen LogP contribution >= 0.6 is 0 Å². The molecule has 1 aliphatic carbocycles. The summed E-state index contributed by atoms with van der Waals surface area (Å²) < 4.78 is 5.49. The number of aryl methyl sites for hydroxylation is 1. The highest BCUT2D eigenvalue weighted by Crippen LogP contribution is 2.41. The number of rotatable bonds is 9. The van der Waals surface area contributed by atoms with Crippen LogP contribution in [0.3, 0.4) is 0 Å². The molecular weight excluding hydrogens is 456 g/mol. The molecule has 2 aliphatic rings. The maximum Gasteiger partial charge on any atom is 0.228 e. The van der Waals surface area contributed by atoms with Gasteiger partial charge in [-0.05, 0) is 79.0 Å². The minimum atomic E-state index is -0.0904. The first-order valence-corrected chi connectivity index (χ1v) is 13.8. The number of nitrogens with zero attached hydrogens (tertiary/aromatic N) is 1. The maximum absolute atomic E-state index is 14.4. The standard InChI is InChI=1S/C33H40N2O2/c1-23-9-7-14-29(24(23)2)22-35(30-15-16-30)33(36)31-21-34-20-28(17-18-37-3)32(31)27-13-8-12-26(19-27)25-10-5-4-6-11-25/h4-14,19,28,30-32,34H,15-18,20-22H2,1-3H3/t28-,31-,32-/m0/s1. The summed E-state index contributed by atoms with van der Waals surface area (Å²) in [6.07, 6.45) is 3.16. The number of piperidine rings is 1.